The van der Waals surface area contributed by atoms with Crippen LogP contribution in [-0.2, 0) is 5.41 Å². The molecule has 2 fully saturated rings. The second-order valence-electron chi connectivity index (χ2n) is 11.1. The van der Waals surface area contributed by atoms with Gasteiger partial charge in [0.05, 0.1) is 39.9 Å². The van der Waals surface area contributed by atoms with Crippen molar-refractivity contribution in [2.75, 3.05) is 0 Å². The Hall–Kier alpha value is -3.13. The van der Waals surface area contributed by atoms with Gasteiger partial charge >= 0.3 is 0 Å². The van der Waals surface area contributed by atoms with Gasteiger partial charge in [0, 0.05) is 12.6 Å². The van der Waals surface area contributed by atoms with E-state index in [0.717, 1.165) is 43.4 Å². The van der Waals surface area contributed by atoms with Gasteiger partial charge in [0.25, 0.3) is 0 Å². The predicted molar refractivity (Wildman–Crippen MR) is 128 cm³/mol. The van der Waals surface area contributed by atoms with E-state index < -0.39 is 22.7 Å². The SMILES string of the molecule is CC1(C)[C@H]2CC[C@]1(c1cncc(C(=O)CCC3(O)CCC3)n1)c1nnc(-c3c(F)cccc3F)cc12. The molecule has 2 heterocycles. The van der Waals surface area contributed by atoms with Crippen molar-refractivity contribution < 1.29 is 18.7 Å². The van der Waals surface area contributed by atoms with Gasteiger partial charge in [-0.25, -0.2) is 13.8 Å². The topological polar surface area (TPSA) is 88.9 Å². The highest BCUT2D eigenvalue weighted by molar-refractivity contribution is 5.94. The molecule has 1 N–H and O–H groups in total. The Kier molecular flexibility index (Phi) is 5.13. The Bertz CT molecular complexity index is 1370. The molecule has 8 heteroatoms. The normalized spacial score (nSPS) is 24.9. The average Bonchev–Trinajstić information content (AvgIpc) is 3.22. The number of Topliss-reactive ketones (excluding diaryl/α,β-unsaturated/α-hetero) is 1. The van der Waals surface area contributed by atoms with Crippen molar-refractivity contribution in [1.29, 1.82) is 0 Å². The lowest BCUT2D eigenvalue weighted by molar-refractivity contribution is -0.0402. The van der Waals surface area contributed by atoms with E-state index in [1.54, 1.807) is 12.3 Å². The van der Waals surface area contributed by atoms with Crippen molar-refractivity contribution in [3.05, 3.63) is 70.9 Å². The lowest BCUT2D eigenvalue weighted by atomic mass is 9.66. The van der Waals surface area contributed by atoms with Crippen LogP contribution >= 0.6 is 0 Å². The highest BCUT2D eigenvalue weighted by Crippen LogP contribution is 2.69. The minimum Gasteiger partial charge on any atom is -0.390 e. The Morgan fingerprint density at radius 2 is 1.86 bits per heavy atom. The fourth-order valence-corrected chi connectivity index (χ4v) is 6.77. The molecule has 3 aliphatic rings. The van der Waals surface area contributed by atoms with Crippen LogP contribution in [0.1, 0.15) is 92.2 Å². The van der Waals surface area contributed by atoms with Crippen LogP contribution in [-0.4, -0.2) is 36.7 Å². The number of ketones is 1. The van der Waals surface area contributed by atoms with Crippen LogP contribution in [0, 0.1) is 17.0 Å². The number of fused-ring (bicyclic) bond motifs is 5. The minimum absolute atomic E-state index is 0.102. The van der Waals surface area contributed by atoms with Gasteiger partial charge < -0.3 is 5.11 Å². The number of rotatable bonds is 6. The monoisotopic (exact) mass is 490 g/mol. The Morgan fingerprint density at radius 1 is 1.11 bits per heavy atom. The number of halogens is 2. The molecular formula is C28H28F2N4O2. The van der Waals surface area contributed by atoms with E-state index in [1.165, 1.54) is 24.4 Å². The first-order valence-corrected chi connectivity index (χ1v) is 12.6. The second kappa shape index (κ2) is 7.93. The van der Waals surface area contributed by atoms with Gasteiger partial charge in [0.1, 0.15) is 17.3 Å². The van der Waals surface area contributed by atoms with Gasteiger partial charge in [-0.05, 0) is 73.6 Å². The van der Waals surface area contributed by atoms with Crippen LogP contribution in [0.2, 0.25) is 0 Å². The lowest BCUT2D eigenvalue weighted by Crippen LogP contribution is -2.38. The van der Waals surface area contributed by atoms with E-state index >= 15 is 0 Å². The Balaban J connectivity index is 1.39. The van der Waals surface area contributed by atoms with Crippen LogP contribution in [0.3, 0.4) is 0 Å². The first-order valence-electron chi connectivity index (χ1n) is 12.6. The van der Waals surface area contributed by atoms with Crippen LogP contribution in [0.4, 0.5) is 8.78 Å². The molecule has 36 heavy (non-hydrogen) atoms. The van der Waals surface area contributed by atoms with Crippen molar-refractivity contribution >= 4 is 5.78 Å². The van der Waals surface area contributed by atoms with Crippen molar-refractivity contribution in [1.82, 2.24) is 20.2 Å². The smallest absolute Gasteiger partial charge is 0.182 e. The Labute approximate surface area is 208 Å². The van der Waals surface area contributed by atoms with Crippen LogP contribution in [0.25, 0.3) is 11.3 Å². The molecule has 6 rings (SSSR count). The fraction of sp³-hybridized carbons (Fsp3) is 0.464. The molecule has 2 bridgehead atoms. The van der Waals surface area contributed by atoms with Crippen molar-refractivity contribution in [2.45, 2.75) is 75.7 Å². The summed E-state index contributed by atoms with van der Waals surface area (Å²) in [6.45, 7) is 4.30. The molecular weight excluding hydrogens is 462 g/mol. The molecule has 0 aliphatic heterocycles. The summed E-state index contributed by atoms with van der Waals surface area (Å²) in [5.41, 5.74) is 0.966. The van der Waals surface area contributed by atoms with E-state index in [4.69, 9.17) is 4.98 Å². The lowest BCUT2D eigenvalue weighted by Gasteiger charge is -2.37. The summed E-state index contributed by atoms with van der Waals surface area (Å²) in [4.78, 5) is 22.1. The summed E-state index contributed by atoms with van der Waals surface area (Å²) < 4.78 is 29.0. The van der Waals surface area contributed by atoms with Crippen molar-refractivity contribution in [3.8, 4) is 11.3 Å². The van der Waals surface area contributed by atoms with E-state index in [1.807, 2.05) is 0 Å². The number of aliphatic hydroxyl groups is 1. The summed E-state index contributed by atoms with van der Waals surface area (Å²) in [6.07, 6.45) is 7.92. The van der Waals surface area contributed by atoms with E-state index in [2.05, 4.69) is 29.0 Å². The van der Waals surface area contributed by atoms with Crippen LogP contribution < -0.4 is 0 Å². The van der Waals surface area contributed by atoms with Gasteiger partial charge in [0.15, 0.2) is 5.78 Å². The summed E-state index contributed by atoms with van der Waals surface area (Å²) >= 11 is 0. The zero-order valence-electron chi connectivity index (χ0n) is 20.4. The predicted octanol–water partition coefficient (Wildman–Crippen LogP) is 5.29. The maximum absolute atomic E-state index is 14.5. The molecule has 1 aromatic carbocycles. The molecule has 2 aromatic heterocycles. The third-order valence-electron chi connectivity index (χ3n) is 9.06. The summed E-state index contributed by atoms with van der Waals surface area (Å²) in [5.74, 6) is -1.39. The summed E-state index contributed by atoms with van der Waals surface area (Å²) in [5, 5.41) is 19.2. The van der Waals surface area contributed by atoms with E-state index in [0.29, 0.717) is 12.1 Å². The van der Waals surface area contributed by atoms with Gasteiger partial charge in [-0.3, -0.25) is 9.78 Å². The molecule has 3 aromatic rings. The molecule has 186 valence electrons. The molecule has 2 saturated carbocycles. The summed E-state index contributed by atoms with van der Waals surface area (Å²) in [7, 11) is 0. The van der Waals surface area contributed by atoms with Crippen molar-refractivity contribution in [2.24, 2.45) is 5.41 Å². The average molecular weight is 491 g/mol. The molecule has 0 amide bonds. The van der Waals surface area contributed by atoms with E-state index in [-0.39, 0.29) is 40.5 Å². The van der Waals surface area contributed by atoms with Gasteiger partial charge in [-0.15, -0.1) is 5.10 Å². The highest BCUT2D eigenvalue weighted by Gasteiger charge is 2.65. The molecule has 6 nitrogen and oxygen atoms in total. The number of nitrogens with zero attached hydrogens (tertiary/aromatic N) is 4. The number of carbonyl (C=O) groups is 1. The zero-order chi connectivity index (χ0) is 25.3. The molecule has 0 saturated heterocycles. The maximum atomic E-state index is 14.5. The van der Waals surface area contributed by atoms with E-state index in [9.17, 15) is 18.7 Å². The van der Waals surface area contributed by atoms with Gasteiger partial charge in [-0.2, -0.15) is 5.10 Å². The van der Waals surface area contributed by atoms with Crippen LogP contribution in [0.15, 0.2) is 36.7 Å². The zero-order valence-corrected chi connectivity index (χ0v) is 20.4. The molecule has 0 spiro atoms. The fourth-order valence-electron chi connectivity index (χ4n) is 6.77. The molecule has 0 unspecified atom stereocenters. The van der Waals surface area contributed by atoms with Crippen LogP contribution in [0.5, 0.6) is 0 Å². The quantitative estimate of drug-likeness (QED) is 0.472. The number of carbonyl (C=O) groups excluding carboxylic acids is 1. The third kappa shape index (κ3) is 3.19. The maximum Gasteiger partial charge on any atom is 0.182 e. The second-order valence-corrected chi connectivity index (χ2v) is 11.1. The third-order valence-corrected chi connectivity index (χ3v) is 9.06. The minimum atomic E-state index is -0.727. The highest BCUT2D eigenvalue weighted by atomic mass is 19.1. The van der Waals surface area contributed by atoms with Crippen molar-refractivity contribution in [3.63, 3.8) is 0 Å². The number of hydrogen-bond acceptors (Lipinski definition) is 6. The summed E-state index contributed by atoms with van der Waals surface area (Å²) in [6, 6.07) is 5.52. The number of aromatic nitrogens is 4. The van der Waals surface area contributed by atoms with Gasteiger partial charge in [-0.1, -0.05) is 19.9 Å². The molecule has 3 aliphatic carbocycles. The Morgan fingerprint density at radius 3 is 2.56 bits per heavy atom. The first kappa shape index (κ1) is 23.3. The first-order chi connectivity index (χ1) is 17.2. The van der Waals surface area contributed by atoms with Gasteiger partial charge in [0.2, 0.25) is 0 Å². The molecule has 0 radical (unpaired) electrons. The molecule has 2 atom stereocenters. The standard InChI is InChI=1S/C28H28F2N4O2/c1-26(2)17-7-12-28(26,23-15-31-14-21(32-23)22(35)8-11-27(36)9-4-10-27)25-16(17)13-20(33-34-25)24-18(29)5-3-6-19(24)30/h3,5-6,13-15,17,36H,4,7-12H2,1-2H3/t17-,28-/m0/s1. The largest absolute Gasteiger partial charge is 0.390 e. The number of benzene rings is 1. The number of hydrogen-bond donors (Lipinski definition) is 1.